The lowest BCUT2D eigenvalue weighted by atomic mass is 10.1. The number of piperidine rings is 1. The summed E-state index contributed by atoms with van der Waals surface area (Å²) in [5.41, 5.74) is 0. The van der Waals surface area contributed by atoms with E-state index in [2.05, 4.69) is 4.99 Å². The lowest BCUT2D eigenvalue weighted by Crippen LogP contribution is -2.50. The first-order chi connectivity index (χ1) is 7.91. The number of nitrogens with zero attached hydrogens (tertiary/aromatic N) is 3. The van der Waals surface area contributed by atoms with Crippen LogP contribution in [0.1, 0.15) is 33.1 Å². The molecule has 98 valence electrons. The van der Waals surface area contributed by atoms with Crippen molar-refractivity contribution in [2.75, 3.05) is 13.6 Å². The summed E-state index contributed by atoms with van der Waals surface area (Å²) < 4.78 is 27.1. The van der Waals surface area contributed by atoms with Crippen molar-refractivity contribution in [1.82, 2.24) is 8.61 Å². The Balaban J connectivity index is 2.98. The van der Waals surface area contributed by atoms with Gasteiger partial charge in [-0.15, -0.1) is 0 Å². The molecule has 0 aliphatic carbocycles. The van der Waals surface area contributed by atoms with Crippen LogP contribution in [-0.2, 0) is 15.0 Å². The van der Waals surface area contributed by atoms with Gasteiger partial charge in [-0.1, -0.05) is 0 Å². The van der Waals surface area contributed by atoms with E-state index in [4.69, 9.17) is 0 Å². The van der Waals surface area contributed by atoms with Gasteiger partial charge < -0.3 is 0 Å². The molecule has 0 aromatic rings. The number of isocyanates is 1. The molecule has 1 aliphatic rings. The molecule has 0 saturated carbocycles. The van der Waals surface area contributed by atoms with E-state index in [9.17, 15) is 13.2 Å². The van der Waals surface area contributed by atoms with E-state index >= 15 is 0 Å². The molecule has 1 aliphatic heterocycles. The van der Waals surface area contributed by atoms with Gasteiger partial charge in [0.15, 0.2) is 0 Å². The molecule has 17 heavy (non-hydrogen) atoms. The van der Waals surface area contributed by atoms with E-state index in [-0.39, 0.29) is 6.04 Å². The van der Waals surface area contributed by atoms with E-state index in [1.807, 2.05) is 0 Å². The number of hydrogen-bond donors (Lipinski definition) is 0. The van der Waals surface area contributed by atoms with Gasteiger partial charge in [-0.05, 0) is 33.1 Å². The van der Waals surface area contributed by atoms with E-state index in [0.29, 0.717) is 13.0 Å². The average Bonchev–Trinajstić information content (AvgIpc) is 2.29. The number of aliphatic imine (C=N–C) groups is 1. The lowest BCUT2D eigenvalue weighted by molar-refractivity contribution is 0.236. The smallest absolute Gasteiger partial charge is 0.211 e. The minimum Gasteiger partial charge on any atom is -0.211 e. The van der Waals surface area contributed by atoms with Crippen LogP contribution in [0.15, 0.2) is 4.99 Å². The first-order valence-corrected chi connectivity index (χ1v) is 7.12. The third-order valence-corrected chi connectivity index (χ3v) is 5.18. The van der Waals surface area contributed by atoms with Gasteiger partial charge >= 0.3 is 0 Å². The largest absolute Gasteiger partial charge is 0.283 e. The zero-order chi connectivity index (χ0) is 13.1. The monoisotopic (exact) mass is 261 g/mol. The molecular weight excluding hydrogens is 242 g/mol. The Kier molecular flexibility index (Phi) is 4.82. The van der Waals surface area contributed by atoms with Gasteiger partial charge in [0.1, 0.15) is 6.17 Å². The highest BCUT2D eigenvalue weighted by Crippen LogP contribution is 2.23. The molecule has 0 spiro atoms. The van der Waals surface area contributed by atoms with E-state index in [1.165, 1.54) is 21.7 Å². The maximum atomic E-state index is 12.3. The molecule has 1 atom stereocenters. The predicted molar refractivity (Wildman–Crippen MR) is 64.3 cm³/mol. The molecule has 0 aromatic heterocycles. The normalized spacial score (nSPS) is 22.8. The van der Waals surface area contributed by atoms with Crippen LogP contribution < -0.4 is 0 Å². The number of rotatable bonds is 4. The van der Waals surface area contributed by atoms with Crippen molar-refractivity contribution < 1.29 is 13.2 Å². The van der Waals surface area contributed by atoms with Crippen LogP contribution in [0, 0.1) is 0 Å². The van der Waals surface area contributed by atoms with Crippen LogP contribution in [-0.4, -0.2) is 48.9 Å². The SMILES string of the molecule is CC(C)N(C)S(=O)(=O)N1CCCCC1N=C=O. The molecule has 0 N–H and O–H groups in total. The Hall–Kier alpha value is -0.750. The summed E-state index contributed by atoms with van der Waals surface area (Å²) in [4.78, 5) is 13.9. The fourth-order valence-corrected chi connectivity index (χ4v) is 3.46. The first-order valence-electron chi connectivity index (χ1n) is 5.73. The van der Waals surface area contributed by atoms with Crippen molar-refractivity contribution >= 4 is 16.3 Å². The van der Waals surface area contributed by atoms with Crippen LogP contribution in [0.4, 0.5) is 0 Å². The summed E-state index contributed by atoms with van der Waals surface area (Å²) in [6.07, 6.45) is 3.14. The highest BCUT2D eigenvalue weighted by Gasteiger charge is 2.35. The zero-order valence-corrected chi connectivity index (χ0v) is 11.3. The van der Waals surface area contributed by atoms with Crippen LogP contribution >= 0.6 is 0 Å². The standard InChI is InChI=1S/C10H19N3O3S/c1-9(2)12(3)17(15,16)13-7-5-4-6-10(13)11-8-14/h9-10H,4-7H2,1-3H3. The molecule has 6 nitrogen and oxygen atoms in total. The van der Waals surface area contributed by atoms with Crippen LogP contribution in [0.2, 0.25) is 0 Å². The number of carbonyl (C=O) groups excluding carboxylic acids is 1. The van der Waals surface area contributed by atoms with Gasteiger partial charge in [-0.2, -0.15) is 22.0 Å². The molecule has 7 heteroatoms. The van der Waals surface area contributed by atoms with Crippen molar-refractivity contribution in [3.8, 4) is 0 Å². The Morgan fingerprint density at radius 2 is 2.06 bits per heavy atom. The molecule has 1 fully saturated rings. The highest BCUT2D eigenvalue weighted by atomic mass is 32.2. The second-order valence-corrected chi connectivity index (χ2v) is 6.37. The Labute approximate surface area is 102 Å². The second kappa shape index (κ2) is 5.73. The topological polar surface area (TPSA) is 70.1 Å². The fourth-order valence-electron chi connectivity index (χ4n) is 1.78. The Bertz CT molecular complexity index is 401. The van der Waals surface area contributed by atoms with Crippen LogP contribution in [0.25, 0.3) is 0 Å². The zero-order valence-electron chi connectivity index (χ0n) is 10.5. The van der Waals surface area contributed by atoms with Crippen molar-refractivity contribution in [3.05, 3.63) is 0 Å². The van der Waals surface area contributed by atoms with Crippen molar-refractivity contribution in [2.24, 2.45) is 4.99 Å². The summed E-state index contributed by atoms with van der Waals surface area (Å²) in [6, 6.07) is -0.122. The third-order valence-electron chi connectivity index (χ3n) is 3.01. The third kappa shape index (κ3) is 3.13. The molecule has 0 bridgehead atoms. The molecule has 1 rings (SSSR count). The number of hydrogen-bond acceptors (Lipinski definition) is 4. The van der Waals surface area contributed by atoms with E-state index in [1.54, 1.807) is 13.8 Å². The van der Waals surface area contributed by atoms with Crippen molar-refractivity contribution in [2.45, 2.75) is 45.3 Å². The van der Waals surface area contributed by atoms with Crippen molar-refractivity contribution in [1.29, 1.82) is 0 Å². The minimum atomic E-state index is -3.54. The average molecular weight is 261 g/mol. The molecule has 1 unspecified atom stereocenters. The maximum absolute atomic E-state index is 12.3. The second-order valence-electron chi connectivity index (χ2n) is 4.43. The maximum Gasteiger partial charge on any atom is 0.283 e. The van der Waals surface area contributed by atoms with Crippen molar-refractivity contribution in [3.63, 3.8) is 0 Å². The van der Waals surface area contributed by atoms with Crippen LogP contribution in [0.3, 0.4) is 0 Å². The molecule has 0 radical (unpaired) electrons. The summed E-state index contributed by atoms with van der Waals surface area (Å²) >= 11 is 0. The summed E-state index contributed by atoms with van der Waals surface area (Å²) in [5, 5.41) is 0. The Morgan fingerprint density at radius 1 is 1.41 bits per heavy atom. The summed E-state index contributed by atoms with van der Waals surface area (Å²) in [6.45, 7) is 4.02. The predicted octanol–water partition coefficient (Wildman–Crippen LogP) is 0.719. The van der Waals surface area contributed by atoms with Gasteiger partial charge in [0.05, 0.1) is 0 Å². The van der Waals surface area contributed by atoms with E-state index in [0.717, 1.165) is 12.8 Å². The Morgan fingerprint density at radius 3 is 2.59 bits per heavy atom. The molecule has 0 aromatic carbocycles. The van der Waals surface area contributed by atoms with Gasteiger partial charge in [0, 0.05) is 19.6 Å². The van der Waals surface area contributed by atoms with Gasteiger partial charge in [-0.3, -0.25) is 0 Å². The summed E-state index contributed by atoms with van der Waals surface area (Å²) in [7, 11) is -2.00. The molecule has 1 saturated heterocycles. The van der Waals surface area contributed by atoms with Gasteiger partial charge in [0.25, 0.3) is 10.2 Å². The molecule has 0 amide bonds. The fraction of sp³-hybridized carbons (Fsp3) is 0.900. The van der Waals surface area contributed by atoms with E-state index < -0.39 is 16.4 Å². The molecular formula is C10H19N3O3S. The molecule has 1 heterocycles. The first kappa shape index (κ1) is 14.3. The lowest BCUT2D eigenvalue weighted by Gasteiger charge is -2.35. The quantitative estimate of drug-likeness (QED) is 0.553. The van der Waals surface area contributed by atoms with Gasteiger partial charge in [-0.25, -0.2) is 4.79 Å². The van der Waals surface area contributed by atoms with Crippen LogP contribution in [0.5, 0.6) is 0 Å². The van der Waals surface area contributed by atoms with Gasteiger partial charge in [0.2, 0.25) is 6.08 Å². The minimum absolute atomic E-state index is 0.122. The summed E-state index contributed by atoms with van der Waals surface area (Å²) in [5.74, 6) is 0. The highest BCUT2D eigenvalue weighted by molar-refractivity contribution is 7.86.